The second-order valence-electron chi connectivity index (χ2n) is 4.18. The average molecular weight is 249 g/mol. The highest BCUT2D eigenvalue weighted by Crippen LogP contribution is 2.28. The maximum absolute atomic E-state index is 13.8. The fourth-order valence-corrected chi connectivity index (χ4v) is 1.98. The first-order valence-electron chi connectivity index (χ1n) is 5.48. The van der Waals surface area contributed by atoms with E-state index >= 15 is 0 Å². The van der Waals surface area contributed by atoms with E-state index in [1.54, 1.807) is 6.08 Å². The molecule has 1 atom stereocenters. The summed E-state index contributed by atoms with van der Waals surface area (Å²) >= 11 is 0. The fraction of sp³-hybridized carbons (Fsp3) is 0.231. The molecule has 1 aliphatic rings. The Bertz CT molecular complexity index is 527. The molecule has 1 amide bonds. The molecule has 5 heteroatoms. The summed E-state index contributed by atoms with van der Waals surface area (Å²) in [6.07, 6.45) is 1.98. The molecule has 1 unspecified atom stereocenters. The van der Waals surface area contributed by atoms with Crippen LogP contribution in [0.2, 0.25) is 0 Å². The van der Waals surface area contributed by atoms with E-state index in [0.29, 0.717) is 13.0 Å². The third-order valence-corrected chi connectivity index (χ3v) is 2.97. The Labute approximate surface area is 103 Å². The van der Waals surface area contributed by atoms with Gasteiger partial charge in [-0.25, -0.2) is 9.18 Å². The van der Waals surface area contributed by atoms with E-state index in [-0.39, 0.29) is 23.1 Å². The molecule has 94 valence electrons. The van der Waals surface area contributed by atoms with Gasteiger partial charge in [-0.3, -0.25) is 4.79 Å². The van der Waals surface area contributed by atoms with Crippen molar-refractivity contribution in [2.45, 2.75) is 6.42 Å². The van der Waals surface area contributed by atoms with Crippen molar-refractivity contribution >= 4 is 17.6 Å². The van der Waals surface area contributed by atoms with Gasteiger partial charge < -0.3 is 10.0 Å². The number of benzene rings is 1. The lowest BCUT2D eigenvalue weighted by molar-refractivity contribution is -0.117. The van der Waals surface area contributed by atoms with Crippen LogP contribution < -0.4 is 4.90 Å². The Balaban J connectivity index is 2.32. The van der Waals surface area contributed by atoms with Crippen LogP contribution in [0.1, 0.15) is 16.8 Å². The summed E-state index contributed by atoms with van der Waals surface area (Å²) in [5, 5.41) is 8.74. The molecule has 1 N–H and O–H groups in total. The third-order valence-electron chi connectivity index (χ3n) is 2.97. The monoisotopic (exact) mass is 249 g/mol. The summed E-state index contributed by atoms with van der Waals surface area (Å²) in [6, 6.07) is 3.53. The van der Waals surface area contributed by atoms with E-state index < -0.39 is 11.8 Å². The number of nitrogens with zero attached hydrogens (tertiary/aromatic N) is 1. The van der Waals surface area contributed by atoms with E-state index in [1.165, 1.54) is 17.0 Å². The van der Waals surface area contributed by atoms with Crippen LogP contribution in [0.4, 0.5) is 10.1 Å². The molecule has 18 heavy (non-hydrogen) atoms. The minimum atomic E-state index is -1.20. The van der Waals surface area contributed by atoms with Crippen LogP contribution in [-0.2, 0) is 4.79 Å². The van der Waals surface area contributed by atoms with Crippen LogP contribution in [0.3, 0.4) is 0 Å². The summed E-state index contributed by atoms with van der Waals surface area (Å²) in [4.78, 5) is 23.7. The molecule has 1 aromatic carbocycles. The molecule has 0 radical (unpaired) electrons. The van der Waals surface area contributed by atoms with Gasteiger partial charge in [-0.15, -0.1) is 6.58 Å². The van der Waals surface area contributed by atoms with Gasteiger partial charge in [0.15, 0.2) is 0 Å². The second-order valence-corrected chi connectivity index (χ2v) is 4.18. The van der Waals surface area contributed by atoms with Crippen LogP contribution in [0.15, 0.2) is 30.9 Å². The van der Waals surface area contributed by atoms with Gasteiger partial charge >= 0.3 is 5.97 Å². The summed E-state index contributed by atoms with van der Waals surface area (Å²) in [6.45, 7) is 4.00. The van der Waals surface area contributed by atoms with E-state index in [2.05, 4.69) is 6.58 Å². The Morgan fingerprint density at radius 2 is 2.28 bits per heavy atom. The molecule has 1 aromatic rings. The summed E-state index contributed by atoms with van der Waals surface area (Å²) in [7, 11) is 0. The highest BCUT2D eigenvalue weighted by atomic mass is 19.1. The van der Waals surface area contributed by atoms with Gasteiger partial charge in [-0.05, 0) is 18.2 Å². The standard InChI is InChI=1S/C13H12FNO3/c1-2-8-5-12(16)15(7-8)11-4-3-9(13(17)18)6-10(11)14/h2-4,6,8H,1,5,7H2,(H,17,18). The number of amides is 1. The number of carbonyl (C=O) groups is 2. The molecule has 1 saturated heterocycles. The number of halogens is 1. The number of carboxylic acids is 1. The number of hydrogen-bond donors (Lipinski definition) is 1. The van der Waals surface area contributed by atoms with Crippen LogP contribution in [-0.4, -0.2) is 23.5 Å². The lowest BCUT2D eigenvalue weighted by Crippen LogP contribution is -2.25. The number of hydrogen-bond acceptors (Lipinski definition) is 2. The van der Waals surface area contributed by atoms with Gasteiger partial charge in [0, 0.05) is 18.9 Å². The van der Waals surface area contributed by atoms with Gasteiger partial charge in [-0.2, -0.15) is 0 Å². The summed E-state index contributed by atoms with van der Waals surface area (Å²) in [5.74, 6) is -2.07. The molecule has 1 aliphatic heterocycles. The first-order valence-corrected chi connectivity index (χ1v) is 5.48. The van der Waals surface area contributed by atoms with Crippen LogP contribution in [0.5, 0.6) is 0 Å². The molecule has 0 spiro atoms. The van der Waals surface area contributed by atoms with Crippen molar-refractivity contribution in [3.05, 3.63) is 42.2 Å². The number of carboxylic acid groups (broad SMARTS) is 1. The Hall–Kier alpha value is -2.17. The normalized spacial score (nSPS) is 19.1. The predicted molar refractivity (Wildman–Crippen MR) is 64.0 cm³/mol. The minimum absolute atomic E-state index is 0.0102. The predicted octanol–water partition coefficient (Wildman–Crippen LogP) is 2.06. The van der Waals surface area contributed by atoms with Gasteiger partial charge in [0.25, 0.3) is 0 Å². The van der Waals surface area contributed by atoms with Crippen molar-refractivity contribution in [3.63, 3.8) is 0 Å². The highest BCUT2D eigenvalue weighted by molar-refractivity contribution is 5.96. The van der Waals surface area contributed by atoms with Crippen LogP contribution in [0, 0.1) is 11.7 Å². The zero-order valence-corrected chi connectivity index (χ0v) is 9.60. The van der Waals surface area contributed by atoms with E-state index in [4.69, 9.17) is 5.11 Å². The second kappa shape index (κ2) is 4.60. The zero-order chi connectivity index (χ0) is 13.3. The van der Waals surface area contributed by atoms with E-state index in [9.17, 15) is 14.0 Å². The van der Waals surface area contributed by atoms with Gasteiger partial charge in [0.1, 0.15) is 5.82 Å². The number of carbonyl (C=O) groups excluding carboxylic acids is 1. The summed E-state index contributed by atoms with van der Waals surface area (Å²) in [5.41, 5.74) is -0.0162. The fourth-order valence-electron chi connectivity index (χ4n) is 1.98. The third kappa shape index (κ3) is 2.11. The molecule has 0 bridgehead atoms. The lowest BCUT2D eigenvalue weighted by atomic mass is 10.1. The first-order chi connectivity index (χ1) is 8.52. The average Bonchev–Trinajstić information content (AvgIpc) is 2.70. The van der Waals surface area contributed by atoms with Crippen molar-refractivity contribution in [3.8, 4) is 0 Å². The topological polar surface area (TPSA) is 57.6 Å². The van der Waals surface area contributed by atoms with E-state index in [1.807, 2.05) is 0 Å². The van der Waals surface area contributed by atoms with Crippen molar-refractivity contribution in [1.29, 1.82) is 0 Å². The number of anilines is 1. The maximum Gasteiger partial charge on any atom is 0.335 e. The van der Waals surface area contributed by atoms with Crippen molar-refractivity contribution in [2.24, 2.45) is 5.92 Å². The van der Waals surface area contributed by atoms with Gasteiger partial charge in [-0.1, -0.05) is 6.08 Å². The van der Waals surface area contributed by atoms with Crippen molar-refractivity contribution in [2.75, 3.05) is 11.4 Å². The first kappa shape index (κ1) is 12.3. The largest absolute Gasteiger partial charge is 0.478 e. The number of aromatic carboxylic acids is 1. The number of rotatable bonds is 3. The molecule has 4 nitrogen and oxygen atoms in total. The molecule has 1 fully saturated rings. The minimum Gasteiger partial charge on any atom is -0.478 e. The molecule has 2 rings (SSSR count). The molecule has 1 heterocycles. The zero-order valence-electron chi connectivity index (χ0n) is 9.60. The SMILES string of the molecule is C=CC1CC(=O)N(c2ccc(C(=O)O)cc2F)C1. The Kier molecular flexibility index (Phi) is 3.14. The highest BCUT2D eigenvalue weighted by Gasteiger charge is 2.30. The van der Waals surface area contributed by atoms with Gasteiger partial charge in [0.2, 0.25) is 5.91 Å². The van der Waals surface area contributed by atoms with Crippen molar-refractivity contribution < 1.29 is 19.1 Å². The smallest absolute Gasteiger partial charge is 0.335 e. The quantitative estimate of drug-likeness (QED) is 0.834. The summed E-state index contributed by atoms with van der Waals surface area (Å²) < 4.78 is 13.8. The molecule has 0 aliphatic carbocycles. The van der Waals surface area contributed by atoms with E-state index in [0.717, 1.165) is 6.07 Å². The molecular weight excluding hydrogens is 237 g/mol. The maximum atomic E-state index is 13.8. The molecule has 0 aromatic heterocycles. The van der Waals surface area contributed by atoms with Gasteiger partial charge in [0.05, 0.1) is 11.3 Å². The van der Waals surface area contributed by atoms with Crippen LogP contribution >= 0.6 is 0 Å². The Morgan fingerprint density at radius 1 is 1.56 bits per heavy atom. The lowest BCUT2D eigenvalue weighted by Gasteiger charge is -2.17. The Morgan fingerprint density at radius 3 is 2.78 bits per heavy atom. The molecule has 0 saturated carbocycles. The van der Waals surface area contributed by atoms with Crippen molar-refractivity contribution in [1.82, 2.24) is 0 Å². The van der Waals surface area contributed by atoms with Crippen LogP contribution in [0.25, 0.3) is 0 Å². The molecular formula is C13H12FNO3.